The Balaban J connectivity index is 0.866. The molecule has 7 rings (SSSR count). The molecule has 0 unspecified atom stereocenters. The molecular formula is C76H110N20O31. The van der Waals surface area contributed by atoms with E-state index in [0.29, 0.717) is 11.1 Å². The van der Waals surface area contributed by atoms with Crippen LogP contribution in [0.2, 0.25) is 0 Å². The number of benzene rings is 2. The van der Waals surface area contributed by atoms with Crippen LogP contribution in [0.15, 0.2) is 48.5 Å². The fourth-order valence-electron chi connectivity index (χ4n) is 13.4. The number of anilines is 2. The average molecular weight is 1800 g/mol. The van der Waals surface area contributed by atoms with Gasteiger partial charge in [-0.05, 0) is 72.9 Å². The lowest BCUT2D eigenvalue weighted by atomic mass is 9.92. The van der Waals surface area contributed by atoms with Crippen LogP contribution in [0, 0.1) is 11.8 Å². The summed E-state index contributed by atoms with van der Waals surface area (Å²) >= 11 is 0. The highest BCUT2D eigenvalue weighted by molar-refractivity contribution is 6.37. The van der Waals surface area contributed by atoms with Gasteiger partial charge in [-0.15, -0.1) is 0 Å². The minimum Gasteiger partial charge on any atom is -0.448 e. The smallest absolute Gasteiger partial charge is 0.409 e. The maximum Gasteiger partial charge on any atom is 0.409 e. The molecule has 20 N–H and O–H groups in total. The van der Waals surface area contributed by atoms with E-state index >= 15 is 0 Å². The number of carbonyl (C=O) groups excluding carboxylic acids is 19. The highest BCUT2D eigenvalue weighted by atomic mass is 16.6. The first kappa shape index (κ1) is 101. The van der Waals surface area contributed by atoms with E-state index in [1.807, 2.05) is 0 Å². The predicted octanol–water partition coefficient (Wildman–Crippen LogP) is -6.62. The quantitative estimate of drug-likeness (QED) is 0.0127. The van der Waals surface area contributed by atoms with E-state index in [1.54, 1.807) is 27.7 Å². The van der Waals surface area contributed by atoms with Crippen LogP contribution in [-0.4, -0.2) is 382 Å². The third kappa shape index (κ3) is 28.6. The summed E-state index contributed by atoms with van der Waals surface area (Å²) in [5.41, 5.74) is 11.8. The fourth-order valence-corrected chi connectivity index (χ4v) is 13.4. The number of ether oxygens (including phenoxy) is 6. The van der Waals surface area contributed by atoms with Crippen LogP contribution < -0.4 is 64.6 Å². The number of piperidine rings is 2. The van der Waals surface area contributed by atoms with Gasteiger partial charge in [0, 0.05) is 91.7 Å². The van der Waals surface area contributed by atoms with Gasteiger partial charge in [-0.1, -0.05) is 52.0 Å². The number of hydrogen-bond acceptors (Lipinski definition) is 31. The maximum absolute atomic E-state index is 14.0. The molecule has 5 aliphatic heterocycles. The van der Waals surface area contributed by atoms with Crippen molar-refractivity contribution in [1.82, 2.24) is 81.7 Å². The van der Waals surface area contributed by atoms with Gasteiger partial charge in [0.2, 0.25) is 41.4 Å². The average Bonchev–Trinajstić information content (AvgIpc) is 1.62. The number of nitrogens with one attached hydrogen (secondary N) is 10. The monoisotopic (exact) mass is 1800 g/mol. The van der Waals surface area contributed by atoms with Gasteiger partial charge in [0.15, 0.2) is 0 Å². The lowest BCUT2D eigenvalue weighted by molar-refractivity contribution is -0.175. The number of urea groups is 2. The van der Waals surface area contributed by atoms with Gasteiger partial charge in [-0.2, -0.15) is 0 Å². The van der Waals surface area contributed by atoms with Crippen LogP contribution in [0.25, 0.3) is 0 Å². The Bertz CT molecular complexity index is 4060. The SMILES string of the molecule is CC(C)[C@H](NC(=O)OCCN(CCOC(=O)N[C@H](C(=O)N[C@@H](CCCNC(N)=O)C(=O)Nc1ccc(COC(=O)N(C)CCN(C)C(=O)OC[C@@H]2[C@@H](O)[C@H](O)[C@H](O)[C@H]3NC(=O)C(=O)N23)cc1)C(C)C)C(=O)CN1C(=O)CCC1=O)C(=O)N[C@@H](CCCNC(N)=O)C(=O)Nc1ccc(COC(=O)N(C)CCN(C)C(=O)OC[C@@H]2[C@@H](O)[C@H](O)[C@H](O)[C@H]3NC(=O)C(=O)N23)cc1. The number of rotatable bonds is 42. The third-order valence-corrected chi connectivity index (χ3v) is 20.9. The number of carbonyl (C=O) groups is 19. The van der Waals surface area contributed by atoms with Crippen molar-refractivity contribution in [3.63, 3.8) is 0 Å². The molecule has 5 heterocycles. The lowest BCUT2D eigenvalue weighted by Gasteiger charge is -2.44. The second-order valence-electron chi connectivity index (χ2n) is 30.9. The van der Waals surface area contributed by atoms with Crippen LogP contribution in [0.5, 0.6) is 0 Å². The minimum atomic E-state index is -1.79. The van der Waals surface area contributed by atoms with Crippen molar-refractivity contribution in [1.29, 1.82) is 0 Å². The molecule has 0 saturated carbocycles. The van der Waals surface area contributed by atoms with Crippen molar-refractivity contribution in [2.24, 2.45) is 23.3 Å². The molecule has 14 atom stereocenters. The molecule has 2 aromatic carbocycles. The maximum atomic E-state index is 14.0. The van der Waals surface area contributed by atoms with Crippen molar-refractivity contribution in [2.75, 3.05) is 124 Å². The Morgan fingerprint density at radius 2 is 0.787 bits per heavy atom. The van der Waals surface area contributed by atoms with E-state index < -0.39 is 257 Å². The Kier molecular flexibility index (Phi) is 37.4. The zero-order valence-electron chi connectivity index (χ0n) is 70.8. The standard InChI is InChI=1S/C76H110N20O31/c1-38(2)51(63(108)83-44(11-9-23-79-69(77)114)61(106)81-42-17-13-40(14-18-42)34-124-73(118)89(5)25-27-91(7)75(120)126-36-46-53(100)55(102)57(104)59-87-65(110)67(112)95(46)59)85-71(116)122-31-29-93(50(99)33-94-48(97)21-22-49(94)98)30-32-123-72(117)86-52(39(3)4)64(109)84-45(12-10-24-80-70(78)115)62(107)82-43-19-15-41(16-20-43)35-125-74(119)90(6)26-28-92(8)76(121)127-37-47-54(101)56(103)58(105)60-88-66(111)68(113)96(47)60/h13-20,38-39,44-47,51-60,100-105H,9-12,21-37H2,1-8H3,(H,81,106)(H,82,107)(H,83,108)(H,84,109)(H,85,116)(H,86,117)(H,87,110)(H,88,111)(H3,77,79,114)(H3,78,80,115)/t44-,45-,46+,47+,51-,52-,53+,54+,55-,56-,57-,58-,59-,60-/m0/s1. The van der Waals surface area contributed by atoms with Gasteiger partial charge >= 0.3 is 72.3 Å². The number of hydrogen-bond donors (Lipinski definition) is 18. The Morgan fingerprint density at radius 1 is 0.449 bits per heavy atom. The molecule has 2 aromatic rings. The van der Waals surface area contributed by atoms with Gasteiger partial charge in [-0.25, -0.2) is 38.4 Å². The molecule has 21 amide bonds. The van der Waals surface area contributed by atoms with Crippen LogP contribution in [-0.2, 0) is 94.4 Å². The van der Waals surface area contributed by atoms with Gasteiger partial charge in [-0.3, -0.25) is 57.6 Å². The van der Waals surface area contributed by atoms with Crippen molar-refractivity contribution in [3.8, 4) is 0 Å². The van der Waals surface area contributed by atoms with E-state index in [-0.39, 0.29) is 102 Å². The number of nitrogens with zero attached hydrogens (tertiary/aromatic N) is 8. The molecule has 0 aliphatic carbocycles. The molecule has 0 bridgehead atoms. The van der Waals surface area contributed by atoms with Crippen molar-refractivity contribution in [2.45, 2.75) is 165 Å². The molecule has 51 nitrogen and oxygen atoms in total. The molecule has 51 heteroatoms. The number of aliphatic hydroxyl groups excluding tert-OH is 6. The fraction of sp³-hybridized carbons (Fsp3) is 0.592. The first-order chi connectivity index (χ1) is 60.0. The number of aliphatic hydroxyl groups is 6. The second kappa shape index (κ2) is 47.2. The van der Waals surface area contributed by atoms with Crippen LogP contribution in [0.1, 0.15) is 77.3 Å². The molecule has 0 aromatic heterocycles. The normalized spacial score (nSPS) is 20.8. The Morgan fingerprint density at radius 3 is 1.12 bits per heavy atom. The second-order valence-corrected chi connectivity index (χ2v) is 30.9. The number of alkyl carbamates (subject to hydrolysis) is 2. The number of amides is 21. The molecule has 5 aliphatic rings. The molecular weight excluding hydrogens is 1690 g/mol. The summed E-state index contributed by atoms with van der Waals surface area (Å²) in [5.74, 6) is -11.1. The van der Waals surface area contributed by atoms with E-state index in [1.165, 1.54) is 76.7 Å². The molecule has 700 valence electrons. The van der Waals surface area contributed by atoms with Gasteiger partial charge in [0.05, 0.1) is 25.2 Å². The van der Waals surface area contributed by atoms with Crippen molar-refractivity contribution < 1.29 is 150 Å². The third-order valence-electron chi connectivity index (χ3n) is 20.9. The number of likely N-dealkylation sites (tertiary alicyclic amines) is 1. The number of nitrogens with two attached hydrogens (primary N) is 2. The summed E-state index contributed by atoms with van der Waals surface area (Å²) in [4.78, 5) is 253. The largest absolute Gasteiger partial charge is 0.448 e. The van der Waals surface area contributed by atoms with Gasteiger partial charge in [0.25, 0.3) is 0 Å². The predicted molar refractivity (Wildman–Crippen MR) is 431 cm³/mol. The zero-order chi connectivity index (χ0) is 94.0. The van der Waals surface area contributed by atoms with E-state index in [4.69, 9.17) is 39.9 Å². The van der Waals surface area contributed by atoms with E-state index in [9.17, 15) is 122 Å². The summed E-state index contributed by atoms with van der Waals surface area (Å²) in [5, 5.41) is 86.9. The zero-order valence-corrected chi connectivity index (χ0v) is 70.8. The Hall–Kier alpha value is -13.3. The lowest BCUT2D eigenvalue weighted by Crippen LogP contribution is -2.68. The van der Waals surface area contributed by atoms with Crippen molar-refractivity contribution >= 4 is 125 Å². The number of fused-ring (bicyclic) bond motifs is 2. The molecule has 0 spiro atoms. The molecule has 5 saturated heterocycles. The summed E-state index contributed by atoms with van der Waals surface area (Å²) in [6.45, 7) is 1.12. The minimum absolute atomic E-state index is 0.0164. The topological polar surface area (TPSA) is 699 Å². The summed E-state index contributed by atoms with van der Waals surface area (Å²) in [7, 11) is 5.42. The van der Waals surface area contributed by atoms with E-state index in [0.717, 1.165) is 39.2 Å². The number of likely N-dealkylation sites (N-methyl/N-ethyl adjacent to an activating group) is 4. The first-order valence-corrected chi connectivity index (χ1v) is 40.3. The number of imide groups is 1. The first-order valence-electron chi connectivity index (χ1n) is 40.3. The van der Waals surface area contributed by atoms with Gasteiger partial charge in [0.1, 0.15) is 119 Å². The summed E-state index contributed by atoms with van der Waals surface area (Å²) < 4.78 is 32.1. The highest BCUT2D eigenvalue weighted by Crippen LogP contribution is 2.30. The molecule has 5 fully saturated rings. The molecule has 127 heavy (non-hydrogen) atoms. The van der Waals surface area contributed by atoms with Crippen LogP contribution >= 0.6 is 0 Å². The van der Waals surface area contributed by atoms with Crippen molar-refractivity contribution in [3.05, 3.63) is 59.7 Å². The summed E-state index contributed by atoms with van der Waals surface area (Å²) in [6.07, 6.45) is -19.5. The van der Waals surface area contributed by atoms with Gasteiger partial charge < -0.3 is 158 Å². The highest BCUT2D eigenvalue weighted by Gasteiger charge is 2.57. The molecule has 0 radical (unpaired) electrons. The van der Waals surface area contributed by atoms with E-state index in [2.05, 4.69) is 53.2 Å². The number of primary amides is 2. The van der Waals surface area contributed by atoms with Crippen LogP contribution in [0.3, 0.4) is 0 Å². The summed E-state index contributed by atoms with van der Waals surface area (Å²) in [6, 6.07) is 2.02. The van der Waals surface area contributed by atoms with Crippen LogP contribution in [0.4, 0.5) is 49.7 Å². The Labute approximate surface area is 726 Å².